The molecule has 2 rings (SSSR count). The van der Waals surface area contributed by atoms with Crippen LogP contribution in [-0.2, 0) is 4.74 Å². The number of ether oxygens (including phenoxy) is 2. The summed E-state index contributed by atoms with van der Waals surface area (Å²) in [6.07, 6.45) is 13.0. The zero-order valence-electron chi connectivity index (χ0n) is 17.3. The number of hydrogen-bond acceptors (Lipinski definition) is 4. The Labute approximate surface area is 168 Å². The van der Waals surface area contributed by atoms with Crippen molar-refractivity contribution in [3.05, 3.63) is 35.9 Å². The van der Waals surface area contributed by atoms with Crippen LogP contribution in [0, 0.1) is 0 Å². The van der Waals surface area contributed by atoms with Crippen molar-refractivity contribution < 1.29 is 19.4 Å². The van der Waals surface area contributed by atoms with E-state index in [1.807, 2.05) is 12.1 Å². The third-order valence-electron chi connectivity index (χ3n) is 5.13. The van der Waals surface area contributed by atoms with Gasteiger partial charge in [-0.3, -0.25) is 0 Å². The van der Waals surface area contributed by atoms with E-state index in [9.17, 15) is 9.90 Å². The number of benzene rings is 2. The van der Waals surface area contributed by atoms with Crippen molar-refractivity contribution in [2.45, 2.75) is 71.1 Å². The van der Waals surface area contributed by atoms with E-state index in [0.29, 0.717) is 12.0 Å². The van der Waals surface area contributed by atoms with Crippen LogP contribution in [0.2, 0.25) is 0 Å². The second-order valence-electron chi connectivity index (χ2n) is 7.37. The highest BCUT2D eigenvalue weighted by Crippen LogP contribution is 2.31. The van der Waals surface area contributed by atoms with Gasteiger partial charge in [-0.2, -0.15) is 0 Å². The summed E-state index contributed by atoms with van der Waals surface area (Å²) in [5.41, 5.74) is 0.175. The number of phenols is 1. The van der Waals surface area contributed by atoms with Crippen LogP contribution < -0.4 is 4.74 Å². The molecule has 0 radical (unpaired) electrons. The highest BCUT2D eigenvalue weighted by molar-refractivity contribution is 6.01. The third-order valence-corrected chi connectivity index (χ3v) is 5.13. The average molecular weight is 387 g/mol. The van der Waals surface area contributed by atoms with E-state index in [1.54, 1.807) is 18.2 Å². The Hall–Kier alpha value is -2.23. The van der Waals surface area contributed by atoms with E-state index < -0.39 is 5.97 Å². The SMILES string of the molecule is CCCCCCCCCCCCOc1ccc2c(O)c(C(=O)OC)ccc2c1. The molecule has 4 nitrogen and oxygen atoms in total. The van der Waals surface area contributed by atoms with Crippen LogP contribution in [0.4, 0.5) is 0 Å². The van der Waals surface area contributed by atoms with Crippen LogP contribution in [0.3, 0.4) is 0 Å². The Balaban J connectivity index is 1.70. The molecule has 2 aromatic rings. The number of esters is 1. The second-order valence-corrected chi connectivity index (χ2v) is 7.37. The molecule has 1 N–H and O–H groups in total. The molecule has 0 atom stereocenters. The molecule has 0 fully saturated rings. The van der Waals surface area contributed by atoms with Gasteiger partial charge in [0.25, 0.3) is 0 Å². The Kier molecular flexibility index (Phi) is 9.67. The Morgan fingerprint density at radius 2 is 1.54 bits per heavy atom. The van der Waals surface area contributed by atoms with Crippen molar-refractivity contribution >= 4 is 16.7 Å². The molecule has 4 heteroatoms. The van der Waals surface area contributed by atoms with E-state index in [2.05, 4.69) is 11.7 Å². The fourth-order valence-corrected chi connectivity index (χ4v) is 3.44. The topological polar surface area (TPSA) is 55.8 Å². The van der Waals surface area contributed by atoms with Crippen LogP contribution in [0.1, 0.15) is 81.5 Å². The number of methoxy groups -OCH3 is 1. The molecular weight excluding hydrogens is 352 g/mol. The van der Waals surface area contributed by atoms with Gasteiger partial charge >= 0.3 is 5.97 Å². The summed E-state index contributed by atoms with van der Waals surface area (Å²) < 4.78 is 10.5. The predicted octanol–water partition coefficient (Wildman–Crippen LogP) is 6.63. The first-order chi connectivity index (χ1) is 13.7. The lowest BCUT2D eigenvalue weighted by Crippen LogP contribution is -2.01. The maximum Gasteiger partial charge on any atom is 0.341 e. The summed E-state index contributed by atoms with van der Waals surface area (Å²) in [7, 11) is 1.30. The molecule has 0 saturated heterocycles. The van der Waals surface area contributed by atoms with Crippen LogP contribution in [-0.4, -0.2) is 24.8 Å². The van der Waals surface area contributed by atoms with E-state index in [0.717, 1.165) is 17.6 Å². The highest BCUT2D eigenvalue weighted by atomic mass is 16.5. The number of unbranched alkanes of at least 4 members (excludes halogenated alkanes) is 9. The van der Waals surface area contributed by atoms with Gasteiger partial charge in [-0.25, -0.2) is 4.79 Å². The van der Waals surface area contributed by atoms with Crippen molar-refractivity contribution in [2.75, 3.05) is 13.7 Å². The molecule has 0 aliphatic rings. The lowest BCUT2D eigenvalue weighted by Gasteiger charge is -2.10. The van der Waals surface area contributed by atoms with Gasteiger partial charge in [0, 0.05) is 5.39 Å². The molecule has 0 aliphatic carbocycles. The first kappa shape index (κ1) is 22.1. The Morgan fingerprint density at radius 3 is 2.18 bits per heavy atom. The number of fused-ring (bicyclic) bond motifs is 1. The molecule has 0 aliphatic heterocycles. The highest BCUT2D eigenvalue weighted by Gasteiger charge is 2.14. The van der Waals surface area contributed by atoms with Gasteiger partial charge in [0.1, 0.15) is 17.1 Å². The fourth-order valence-electron chi connectivity index (χ4n) is 3.44. The van der Waals surface area contributed by atoms with Crippen LogP contribution >= 0.6 is 0 Å². The summed E-state index contributed by atoms with van der Waals surface area (Å²) in [5, 5.41) is 11.7. The van der Waals surface area contributed by atoms with E-state index in [4.69, 9.17) is 4.74 Å². The molecule has 0 unspecified atom stereocenters. The standard InChI is InChI=1S/C24H34O4/c1-3-4-5-6-7-8-9-10-11-12-17-28-20-14-16-21-19(18-20)13-15-22(23(21)25)24(26)27-2/h13-16,18,25H,3-12,17H2,1-2H3. The number of hydrogen-bond donors (Lipinski definition) is 1. The summed E-state index contributed by atoms with van der Waals surface area (Å²) in [4.78, 5) is 11.7. The lowest BCUT2D eigenvalue weighted by atomic mass is 10.0. The number of aromatic hydroxyl groups is 1. The molecular formula is C24H34O4. The van der Waals surface area contributed by atoms with Gasteiger partial charge in [-0.15, -0.1) is 0 Å². The van der Waals surface area contributed by atoms with Gasteiger partial charge in [0.2, 0.25) is 0 Å². The van der Waals surface area contributed by atoms with Crippen molar-refractivity contribution in [1.82, 2.24) is 0 Å². The summed E-state index contributed by atoms with van der Waals surface area (Å²) in [6.45, 7) is 2.96. The van der Waals surface area contributed by atoms with Crippen molar-refractivity contribution in [1.29, 1.82) is 0 Å². The molecule has 2 aromatic carbocycles. The monoisotopic (exact) mass is 386 g/mol. The Bertz CT molecular complexity index is 739. The molecule has 0 spiro atoms. The summed E-state index contributed by atoms with van der Waals surface area (Å²) in [5.74, 6) is 0.194. The molecule has 0 heterocycles. The van der Waals surface area contributed by atoms with Gasteiger partial charge in [0.05, 0.1) is 13.7 Å². The molecule has 28 heavy (non-hydrogen) atoms. The number of rotatable bonds is 13. The molecule has 154 valence electrons. The second kappa shape index (κ2) is 12.3. The zero-order chi connectivity index (χ0) is 20.2. The normalized spacial score (nSPS) is 10.9. The molecule has 0 aromatic heterocycles. The minimum Gasteiger partial charge on any atom is -0.506 e. The average Bonchev–Trinajstić information content (AvgIpc) is 2.71. The largest absolute Gasteiger partial charge is 0.506 e. The van der Waals surface area contributed by atoms with Gasteiger partial charge in [-0.1, -0.05) is 70.8 Å². The van der Waals surface area contributed by atoms with Gasteiger partial charge in [0.15, 0.2) is 0 Å². The van der Waals surface area contributed by atoms with E-state index in [-0.39, 0.29) is 11.3 Å². The van der Waals surface area contributed by atoms with Gasteiger partial charge < -0.3 is 14.6 Å². The maximum atomic E-state index is 11.7. The maximum absolute atomic E-state index is 11.7. The minimum atomic E-state index is -0.541. The van der Waals surface area contributed by atoms with E-state index in [1.165, 1.54) is 64.9 Å². The minimum absolute atomic E-state index is 0.0504. The van der Waals surface area contributed by atoms with Crippen molar-refractivity contribution in [3.8, 4) is 11.5 Å². The fraction of sp³-hybridized carbons (Fsp3) is 0.542. The molecule has 0 bridgehead atoms. The molecule has 0 amide bonds. The summed E-state index contributed by atoms with van der Waals surface area (Å²) >= 11 is 0. The van der Waals surface area contributed by atoms with Crippen molar-refractivity contribution in [2.24, 2.45) is 0 Å². The smallest absolute Gasteiger partial charge is 0.341 e. The quantitative estimate of drug-likeness (QED) is 0.310. The van der Waals surface area contributed by atoms with Gasteiger partial charge in [-0.05, 0) is 36.1 Å². The molecule has 0 saturated carbocycles. The number of carbonyl (C=O) groups excluding carboxylic acids is 1. The summed E-state index contributed by atoms with van der Waals surface area (Å²) in [6, 6.07) is 8.89. The first-order valence-corrected chi connectivity index (χ1v) is 10.6. The number of carbonyl (C=O) groups is 1. The zero-order valence-corrected chi connectivity index (χ0v) is 17.3. The van der Waals surface area contributed by atoms with Crippen molar-refractivity contribution in [3.63, 3.8) is 0 Å². The van der Waals surface area contributed by atoms with Crippen LogP contribution in [0.15, 0.2) is 30.3 Å². The lowest BCUT2D eigenvalue weighted by molar-refractivity contribution is 0.0598. The van der Waals surface area contributed by atoms with Crippen LogP contribution in [0.25, 0.3) is 10.8 Å². The first-order valence-electron chi connectivity index (χ1n) is 10.6. The predicted molar refractivity (Wildman–Crippen MR) is 114 cm³/mol. The number of phenolic OH excluding ortho intramolecular Hbond substituents is 1. The Morgan fingerprint density at radius 1 is 0.893 bits per heavy atom. The third kappa shape index (κ3) is 6.74. The van der Waals surface area contributed by atoms with E-state index >= 15 is 0 Å². The van der Waals surface area contributed by atoms with Crippen LogP contribution in [0.5, 0.6) is 11.5 Å².